The van der Waals surface area contributed by atoms with E-state index < -0.39 is 29.0 Å². The molecule has 0 atom stereocenters. The minimum Gasteiger partial charge on any atom is -0.166 e. The third kappa shape index (κ3) is 3.59. The smallest absolute Gasteiger partial charge is 0.166 e. The number of hydrogen-bond acceptors (Lipinski definition) is 0. The molecule has 0 aliphatic carbocycles. The molecule has 0 unspecified atom stereocenters. The van der Waals surface area contributed by atoms with Gasteiger partial charge in [0.1, 0.15) is 0 Å². The second-order valence-corrected chi connectivity index (χ2v) is 5.67. The molecule has 0 fully saturated rings. The van der Waals surface area contributed by atoms with Gasteiger partial charge in [0.05, 0.1) is 11.1 Å². The average Bonchev–Trinajstić information content (AvgIpc) is 2.60. The molecular formula is C20H12F6. The quantitative estimate of drug-likeness (QED) is 0.426. The number of rotatable bonds is 2. The van der Waals surface area contributed by atoms with Crippen LogP contribution in [0.2, 0.25) is 0 Å². The molecule has 0 spiro atoms. The van der Waals surface area contributed by atoms with E-state index in [0.717, 1.165) is 23.3 Å². The Morgan fingerprint density at radius 1 is 0.462 bits per heavy atom. The van der Waals surface area contributed by atoms with Crippen molar-refractivity contribution in [1.29, 1.82) is 0 Å². The third-order valence-corrected chi connectivity index (χ3v) is 3.96. The summed E-state index contributed by atoms with van der Waals surface area (Å²) in [7, 11) is 0. The third-order valence-electron chi connectivity index (χ3n) is 3.96. The lowest BCUT2D eigenvalue weighted by molar-refractivity contribution is -0.161. The molecule has 0 aliphatic rings. The van der Waals surface area contributed by atoms with Crippen molar-refractivity contribution >= 4 is 0 Å². The van der Waals surface area contributed by atoms with Crippen molar-refractivity contribution in [1.82, 2.24) is 0 Å². The summed E-state index contributed by atoms with van der Waals surface area (Å²) < 4.78 is 79.3. The largest absolute Gasteiger partial charge is 0.417 e. The van der Waals surface area contributed by atoms with Crippen LogP contribution in [0.5, 0.6) is 0 Å². The van der Waals surface area contributed by atoms with Crippen LogP contribution in [0, 0.1) is 0 Å². The minimum absolute atomic E-state index is 0.0723. The highest BCUT2D eigenvalue weighted by Crippen LogP contribution is 2.45. The summed E-state index contributed by atoms with van der Waals surface area (Å²) in [6, 6.07) is 17.6. The van der Waals surface area contributed by atoms with E-state index in [0.29, 0.717) is 6.07 Å². The SMILES string of the molecule is FC(F)(F)c1cccc(-c2ccc(-c3ccccc3)cc2)c1C(F)(F)F. The van der Waals surface area contributed by atoms with Gasteiger partial charge in [-0.15, -0.1) is 0 Å². The fraction of sp³-hybridized carbons (Fsp3) is 0.100. The molecule has 0 aliphatic heterocycles. The minimum atomic E-state index is -5.13. The number of halogens is 6. The van der Waals surface area contributed by atoms with E-state index in [4.69, 9.17) is 0 Å². The number of hydrogen-bond donors (Lipinski definition) is 0. The Morgan fingerprint density at radius 2 is 1.00 bits per heavy atom. The molecule has 3 rings (SSSR count). The summed E-state index contributed by atoms with van der Waals surface area (Å²) in [4.78, 5) is 0. The molecule has 3 aromatic rings. The zero-order chi connectivity index (χ0) is 18.9. The lowest BCUT2D eigenvalue weighted by Crippen LogP contribution is -2.17. The van der Waals surface area contributed by atoms with E-state index in [-0.39, 0.29) is 5.56 Å². The topological polar surface area (TPSA) is 0 Å². The summed E-state index contributed by atoms with van der Waals surface area (Å²) in [5.41, 5.74) is -2.15. The van der Waals surface area contributed by atoms with E-state index >= 15 is 0 Å². The van der Waals surface area contributed by atoms with Crippen molar-refractivity contribution in [3.63, 3.8) is 0 Å². The summed E-state index contributed by atoms with van der Waals surface area (Å²) >= 11 is 0. The van der Waals surface area contributed by atoms with Crippen LogP contribution in [0.1, 0.15) is 11.1 Å². The van der Waals surface area contributed by atoms with Gasteiger partial charge in [-0.3, -0.25) is 0 Å². The number of alkyl halides is 6. The van der Waals surface area contributed by atoms with Gasteiger partial charge in [0, 0.05) is 0 Å². The molecule has 6 heteroatoms. The molecule has 0 saturated heterocycles. The Morgan fingerprint density at radius 3 is 1.54 bits per heavy atom. The molecule has 0 heterocycles. The molecule has 0 radical (unpaired) electrons. The lowest BCUT2D eigenvalue weighted by Gasteiger charge is -2.19. The van der Waals surface area contributed by atoms with Crippen LogP contribution >= 0.6 is 0 Å². The Kier molecular flexibility index (Phi) is 4.52. The van der Waals surface area contributed by atoms with Crippen molar-refractivity contribution in [3.8, 4) is 22.3 Å². The fourth-order valence-corrected chi connectivity index (χ4v) is 2.81. The molecule has 0 amide bonds. The predicted octanol–water partition coefficient (Wildman–Crippen LogP) is 7.06. The molecule has 3 aromatic carbocycles. The van der Waals surface area contributed by atoms with Gasteiger partial charge >= 0.3 is 12.4 Å². The molecule has 26 heavy (non-hydrogen) atoms. The van der Waals surface area contributed by atoms with E-state index in [1.807, 2.05) is 30.3 Å². The van der Waals surface area contributed by atoms with Crippen LogP contribution in [-0.2, 0) is 12.4 Å². The van der Waals surface area contributed by atoms with Gasteiger partial charge in [-0.25, -0.2) is 0 Å². The Balaban J connectivity index is 2.13. The van der Waals surface area contributed by atoms with Crippen molar-refractivity contribution in [2.45, 2.75) is 12.4 Å². The zero-order valence-electron chi connectivity index (χ0n) is 13.2. The van der Waals surface area contributed by atoms with Crippen LogP contribution in [0.25, 0.3) is 22.3 Å². The molecule has 0 nitrogen and oxygen atoms in total. The fourth-order valence-electron chi connectivity index (χ4n) is 2.81. The van der Waals surface area contributed by atoms with E-state index in [1.165, 1.54) is 12.1 Å². The van der Waals surface area contributed by atoms with Gasteiger partial charge < -0.3 is 0 Å². The highest BCUT2D eigenvalue weighted by molar-refractivity contribution is 5.73. The molecule has 0 N–H and O–H groups in total. The molecule has 134 valence electrons. The standard InChI is InChI=1S/C20H12F6/c21-19(22,23)17-8-4-7-16(18(17)20(24,25)26)15-11-9-14(10-12-15)13-5-2-1-3-6-13/h1-12H. The molecule has 0 bridgehead atoms. The van der Waals surface area contributed by atoms with Crippen LogP contribution < -0.4 is 0 Å². The first-order valence-corrected chi connectivity index (χ1v) is 7.61. The molecule has 0 aromatic heterocycles. The second-order valence-electron chi connectivity index (χ2n) is 5.67. The van der Waals surface area contributed by atoms with Crippen LogP contribution in [0.4, 0.5) is 26.3 Å². The number of benzene rings is 3. The lowest BCUT2D eigenvalue weighted by atomic mass is 9.93. The van der Waals surface area contributed by atoms with E-state index in [2.05, 4.69) is 0 Å². The van der Waals surface area contributed by atoms with Crippen LogP contribution in [-0.4, -0.2) is 0 Å². The summed E-state index contributed by atoms with van der Waals surface area (Å²) in [6.45, 7) is 0. The van der Waals surface area contributed by atoms with Gasteiger partial charge in [0.25, 0.3) is 0 Å². The van der Waals surface area contributed by atoms with E-state index in [1.54, 1.807) is 12.1 Å². The van der Waals surface area contributed by atoms with Gasteiger partial charge in [-0.2, -0.15) is 26.3 Å². The van der Waals surface area contributed by atoms with Gasteiger partial charge in [-0.1, -0.05) is 66.7 Å². The Bertz CT molecular complexity index is 890. The Labute approximate surface area is 145 Å². The summed E-state index contributed by atoms with van der Waals surface area (Å²) in [6.07, 6.45) is -10.2. The first kappa shape index (κ1) is 18.0. The van der Waals surface area contributed by atoms with Crippen molar-refractivity contribution in [2.24, 2.45) is 0 Å². The first-order valence-electron chi connectivity index (χ1n) is 7.61. The Hall–Kier alpha value is -2.76. The maximum Gasteiger partial charge on any atom is 0.417 e. The van der Waals surface area contributed by atoms with Crippen LogP contribution in [0.3, 0.4) is 0 Å². The summed E-state index contributed by atoms with van der Waals surface area (Å²) in [5.74, 6) is 0. The van der Waals surface area contributed by atoms with Crippen LogP contribution in [0.15, 0.2) is 72.8 Å². The van der Waals surface area contributed by atoms with E-state index in [9.17, 15) is 26.3 Å². The normalized spacial score (nSPS) is 12.2. The van der Waals surface area contributed by atoms with Gasteiger partial charge in [-0.05, 0) is 28.3 Å². The monoisotopic (exact) mass is 366 g/mol. The van der Waals surface area contributed by atoms with Crippen molar-refractivity contribution in [3.05, 3.63) is 83.9 Å². The molecule has 0 saturated carbocycles. The second kappa shape index (κ2) is 6.52. The predicted molar refractivity (Wildman–Crippen MR) is 87.3 cm³/mol. The van der Waals surface area contributed by atoms with Gasteiger partial charge in [0.15, 0.2) is 0 Å². The average molecular weight is 366 g/mol. The van der Waals surface area contributed by atoms with Crippen molar-refractivity contribution in [2.75, 3.05) is 0 Å². The van der Waals surface area contributed by atoms with Crippen molar-refractivity contribution < 1.29 is 26.3 Å². The maximum atomic E-state index is 13.4. The van der Waals surface area contributed by atoms with Gasteiger partial charge in [0.2, 0.25) is 0 Å². The maximum absolute atomic E-state index is 13.4. The molecular weight excluding hydrogens is 354 g/mol. The summed E-state index contributed by atoms with van der Waals surface area (Å²) in [5, 5.41) is 0. The first-order chi connectivity index (χ1) is 12.2. The zero-order valence-corrected chi connectivity index (χ0v) is 13.2. The highest BCUT2D eigenvalue weighted by atomic mass is 19.4. The highest BCUT2D eigenvalue weighted by Gasteiger charge is 2.44.